The molecule has 0 amide bonds. The van der Waals surface area contributed by atoms with Crippen molar-refractivity contribution >= 4 is 28.6 Å². The van der Waals surface area contributed by atoms with Crippen LogP contribution in [0.5, 0.6) is 0 Å². The van der Waals surface area contributed by atoms with Crippen LogP contribution in [-0.4, -0.2) is 17.6 Å². The van der Waals surface area contributed by atoms with Gasteiger partial charge in [-0.15, -0.1) is 0 Å². The fourth-order valence-electron chi connectivity index (χ4n) is 1.44. The Balaban J connectivity index is 3.28. The third-order valence-corrected chi connectivity index (χ3v) is 3.06. The lowest BCUT2D eigenvalue weighted by Crippen LogP contribution is -2.18. The molecule has 1 rings (SSSR count). The Kier molecular flexibility index (Phi) is 5.66. The van der Waals surface area contributed by atoms with Crippen LogP contribution in [0.1, 0.15) is 30.3 Å². The summed E-state index contributed by atoms with van der Waals surface area (Å²) in [6, 6.07) is 0.884. The van der Waals surface area contributed by atoms with Gasteiger partial charge < -0.3 is 4.74 Å². The van der Waals surface area contributed by atoms with Gasteiger partial charge in [0.15, 0.2) is 0 Å². The van der Waals surface area contributed by atoms with Gasteiger partial charge >= 0.3 is 12.1 Å². The van der Waals surface area contributed by atoms with Crippen LogP contribution >= 0.6 is 22.6 Å². The van der Waals surface area contributed by atoms with E-state index in [0.717, 1.165) is 6.07 Å². The van der Waals surface area contributed by atoms with Crippen LogP contribution in [0.15, 0.2) is 6.07 Å². The summed E-state index contributed by atoms with van der Waals surface area (Å²) in [5.74, 6) is -0.875. The SMILES string of the molecule is CCOC(=O)Cc1cc(I)c(C(F)F)nc1C(F)(F)F. The minimum atomic E-state index is -4.92. The molecule has 0 fully saturated rings. The number of rotatable bonds is 4. The van der Waals surface area contributed by atoms with E-state index in [0.29, 0.717) is 0 Å². The molecule has 0 atom stereocenters. The Morgan fingerprint density at radius 1 is 1.45 bits per heavy atom. The maximum absolute atomic E-state index is 12.8. The van der Waals surface area contributed by atoms with E-state index in [9.17, 15) is 26.7 Å². The van der Waals surface area contributed by atoms with Crippen molar-refractivity contribution in [2.24, 2.45) is 0 Å². The van der Waals surface area contributed by atoms with Crippen LogP contribution in [0.3, 0.4) is 0 Å². The van der Waals surface area contributed by atoms with E-state index in [1.807, 2.05) is 0 Å². The molecule has 112 valence electrons. The predicted octanol–water partition coefficient (Wildman–Crippen LogP) is 3.75. The molecule has 0 unspecified atom stereocenters. The number of aromatic nitrogens is 1. The maximum Gasteiger partial charge on any atom is 0.433 e. The number of esters is 1. The molecule has 1 heterocycles. The molecule has 0 aliphatic carbocycles. The Morgan fingerprint density at radius 3 is 2.50 bits per heavy atom. The molecule has 20 heavy (non-hydrogen) atoms. The van der Waals surface area contributed by atoms with E-state index >= 15 is 0 Å². The van der Waals surface area contributed by atoms with Gasteiger partial charge in [-0.25, -0.2) is 13.8 Å². The van der Waals surface area contributed by atoms with Crippen LogP contribution in [0, 0.1) is 3.57 Å². The maximum atomic E-state index is 12.8. The van der Waals surface area contributed by atoms with E-state index < -0.39 is 41.9 Å². The Bertz CT molecular complexity index is 504. The Labute approximate surface area is 124 Å². The molecule has 3 nitrogen and oxygen atoms in total. The quantitative estimate of drug-likeness (QED) is 0.432. The summed E-state index contributed by atoms with van der Waals surface area (Å²) < 4.78 is 68.0. The number of hydrogen-bond donors (Lipinski definition) is 0. The lowest BCUT2D eigenvalue weighted by Gasteiger charge is -2.14. The third kappa shape index (κ3) is 4.25. The van der Waals surface area contributed by atoms with Crippen molar-refractivity contribution in [3.63, 3.8) is 0 Å². The lowest BCUT2D eigenvalue weighted by atomic mass is 10.1. The molecule has 0 saturated carbocycles. The zero-order valence-electron chi connectivity index (χ0n) is 10.1. The first-order valence-corrected chi connectivity index (χ1v) is 6.45. The van der Waals surface area contributed by atoms with E-state index in [4.69, 9.17) is 0 Å². The third-order valence-electron chi connectivity index (χ3n) is 2.20. The highest BCUT2D eigenvalue weighted by Gasteiger charge is 2.37. The highest BCUT2D eigenvalue weighted by atomic mass is 127. The van der Waals surface area contributed by atoms with Gasteiger partial charge in [-0.3, -0.25) is 4.79 Å². The second-order valence-corrected chi connectivity index (χ2v) is 4.81. The average molecular weight is 409 g/mol. The van der Waals surface area contributed by atoms with E-state index in [1.54, 1.807) is 0 Å². The van der Waals surface area contributed by atoms with Crippen LogP contribution in [-0.2, 0) is 22.1 Å². The summed E-state index contributed by atoms with van der Waals surface area (Å²) in [7, 11) is 0. The monoisotopic (exact) mass is 409 g/mol. The number of ether oxygens (including phenoxy) is 1. The second-order valence-electron chi connectivity index (χ2n) is 3.64. The number of alkyl halides is 5. The molecular formula is C11H9F5INO2. The fraction of sp³-hybridized carbons (Fsp3) is 0.455. The van der Waals surface area contributed by atoms with Crippen molar-refractivity contribution in [3.05, 3.63) is 26.6 Å². The van der Waals surface area contributed by atoms with Crippen LogP contribution in [0.25, 0.3) is 0 Å². The van der Waals surface area contributed by atoms with Gasteiger partial charge in [0.2, 0.25) is 0 Å². The van der Waals surface area contributed by atoms with Gasteiger partial charge in [0.25, 0.3) is 6.43 Å². The van der Waals surface area contributed by atoms with Gasteiger partial charge in [-0.1, -0.05) is 0 Å². The van der Waals surface area contributed by atoms with Gasteiger partial charge in [-0.05, 0) is 41.1 Å². The summed E-state index contributed by atoms with van der Waals surface area (Å²) in [6.07, 6.45) is -8.72. The zero-order chi connectivity index (χ0) is 15.5. The number of halogens is 6. The van der Waals surface area contributed by atoms with Crippen LogP contribution < -0.4 is 0 Å². The molecule has 9 heteroatoms. The summed E-state index contributed by atoms with van der Waals surface area (Å²) in [6.45, 7) is 1.52. The lowest BCUT2D eigenvalue weighted by molar-refractivity contribution is -0.144. The number of pyridine rings is 1. The van der Waals surface area contributed by atoms with Crippen molar-refractivity contribution in [2.45, 2.75) is 25.9 Å². The fourth-order valence-corrected chi connectivity index (χ4v) is 2.17. The highest BCUT2D eigenvalue weighted by Crippen LogP contribution is 2.34. The number of nitrogens with zero attached hydrogens (tertiary/aromatic N) is 1. The van der Waals surface area contributed by atoms with Gasteiger partial charge in [0.05, 0.1) is 13.0 Å². The first-order valence-electron chi connectivity index (χ1n) is 5.37. The second kappa shape index (κ2) is 6.64. The first-order chi connectivity index (χ1) is 9.16. The number of carbonyl (C=O) groups is 1. The van der Waals surface area contributed by atoms with Crippen molar-refractivity contribution in [2.75, 3.05) is 6.61 Å². The number of hydrogen-bond acceptors (Lipinski definition) is 3. The first kappa shape index (κ1) is 17.1. The zero-order valence-corrected chi connectivity index (χ0v) is 12.3. The van der Waals surface area contributed by atoms with Crippen molar-refractivity contribution in [3.8, 4) is 0 Å². The summed E-state index contributed by atoms with van der Waals surface area (Å²) >= 11 is 1.45. The summed E-state index contributed by atoms with van der Waals surface area (Å²) in [4.78, 5) is 14.2. The van der Waals surface area contributed by atoms with Gasteiger partial charge in [-0.2, -0.15) is 13.2 Å². The molecule has 0 radical (unpaired) electrons. The Hall–Kier alpha value is -1.00. The standard InChI is InChI=1S/C11H9F5INO2/c1-2-20-7(19)4-5-3-6(17)8(10(12)13)18-9(5)11(14,15)16/h3,10H,2,4H2,1H3. The molecule has 0 spiro atoms. The largest absolute Gasteiger partial charge is 0.466 e. The van der Waals surface area contributed by atoms with E-state index in [1.165, 1.54) is 29.5 Å². The van der Waals surface area contributed by atoms with Crippen LogP contribution in [0.2, 0.25) is 0 Å². The van der Waals surface area contributed by atoms with Crippen molar-refractivity contribution in [1.29, 1.82) is 0 Å². The van der Waals surface area contributed by atoms with Crippen LogP contribution in [0.4, 0.5) is 22.0 Å². The topological polar surface area (TPSA) is 39.2 Å². The number of carbonyl (C=O) groups excluding carboxylic acids is 1. The molecule has 0 bridgehead atoms. The predicted molar refractivity (Wildman–Crippen MR) is 67.2 cm³/mol. The molecule has 0 N–H and O–H groups in total. The molecule has 1 aromatic heterocycles. The molecule has 1 aromatic rings. The highest BCUT2D eigenvalue weighted by molar-refractivity contribution is 14.1. The minimum absolute atomic E-state index is 0.0137. The van der Waals surface area contributed by atoms with Gasteiger partial charge in [0, 0.05) is 3.57 Å². The summed E-state index contributed by atoms with van der Waals surface area (Å²) in [5.41, 5.74) is -2.92. The normalized spacial score (nSPS) is 11.8. The smallest absolute Gasteiger partial charge is 0.433 e. The molecule has 0 aliphatic heterocycles. The molecule has 0 saturated heterocycles. The molecule has 0 aromatic carbocycles. The average Bonchev–Trinajstić information content (AvgIpc) is 2.26. The van der Waals surface area contributed by atoms with E-state index in [-0.39, 0.29) is 10.2 Å². The molecular weight excluding hydrogens is 400 g/mol. The van der Waals surface area contributed by atoms with Crippen molar-refractivity contribution < 1.29 is 31.5 Å². The van der Waals surface area contributed by atoms with E-state index in [2.05, 4.69) is 9.72 Å². The molecule has 0 aliphatic rings. The van der Waals surface area contributed by atoms with Gasteiger partial charge in [0.1, 0.15) is 11.4 Å². The summed E-state index contributed by atoms with van der Waals surface area (Å²) in [5, 5.41) is 0. The Morgan fingerprint density at radius 2 is 2.05 bits per heavy atom. The van der Waals surface area contributed by atoms with Crippen molar-refractivity contribution in [1.82, 2.24) is 4.98 Å². The minimum Gasteiger partial charge on any atom is -0.466 e.